The largest absolute Gasteiger partial charge is 0.374 e. The van der Waals surface area contributed by atoms with Gasteiger partial charge in [0.15, 0.2) is 12.1 Å². The van der Waals surface area contributed by atoms with E-state index in [9.17, 15) is 4.79 Å². The maximum atomic E-state index is 12.4. The Hall–Kier alpha value is -2.78. The van der Waals surface area contributed by atoms with Gasteiger partial charge in [-0.1, -0.05) is 97.1 Å². The number of hydrogen-bond acceptors (Lipinski definition) is 7. The SMILES string of the molecule is C/C=C(/S[C@@H]1[C@@H](OC)O[C@H](COCc2ccccc2)[C@@H](OCc2ccccc2)[C@@H]1OCc1ccccc1)C(C)=O. The molecule has 1 aliphatic heterocycles. The van der Waals surface area contributed by atoms with Crippen LogP contribution in [-0.2, 0) is 48.3 Å². The van der Waals surface area contributed by atoms with Crippen molar-refractivity contribution < 1.29 is 28.5 Å². The Balaban J connectivity index is 1.61. The Bertz CT molecular complexity index is 1190. The second-order valence-electron chi connectivity index (χ2n) is 9.59. The highest BCUT2D eigenvalue weighted by Crippen LogP contribution is 2.38. The Morgan fingerprint density at radius 3 is 1.77 bits per heavy atom. The Morgan fingerprint density at radius 2 is 1.30 bits per heavy atom. The van der Waals surface area contributed by atoms with Gasteiger partial charge >= 0.3 is 0 Å². The van der Waals surface area contributed by atoms with Crippen LogP contribution in [0.25, 0.3) is 0 Å². The van der Waals surface area contributed by atoms with E-state index >= 15 is 0 Å². The van der Waals surface area contributed by atoms with Crippen LogP contribution in [0.5, 0.6) is 0 Å². The van der Waals surface area contributed by atoms with E-state index in [-0.39, 0.29) is 11.0 Å². The molecule has 3 aromatic rings. The van der Waals surface area contributed by atoms with Crippen LogP contribution in [0.4, 0.5) is 0 Å². The van der Waals surface area contributed by atoms with Gasteiger partial charge in [0.25, 0.3) is 0 Å². The van der Waals surface area contributed by atoms with Gasteiger partial charge in [0.05, 0.1) is 31.7 Å². The fraction of sp³-hybridized carbons (Fsp3) is 0.364. The van der Waals surface area contributed by atoms with Gasteiger partial charge in [0.2, 0.25) is 0 Å². The molecule has 4 rings (SSSR count). The lowest BCUT2D eigenvalue weighted by Gasteiger charge is -2.45. The molecule has 40 heavy (non-hydrogen) atoms. The molecule has 0 aromatic heterocycles. The van der Waals surface area contributed by atoms with Crippen LogP contribution in [0.1, 0.15) is 30.5 Å². The van der Waals surface area contributed by atoms with E-state index in [1.807, 2.05) is 104 Å². The number of benzene rings is 3. The fourth-order valence-electron chi connectivity index (χ4n) is 4.62. The lowest BCUT2D eigenvalue weighted by molar-refractivity contribution is -0.268. The second kappa shape index (κ2) is 15.9. The van der Waals surface area contributed by atoms with E-state index < -0.39 is 24.6 Å². The highest BCUT2D eigenvalue weighted by Gasteiger charge is 2.48. The summed E-state index contributed by atoms with van der Waals surface area (Å²) in [5, 5.41) is -0.352. The van der Waals surface area contributed by atoms with Crippen LogP contribution in [0.2, 0.25) is 0 Å². The third kappa shape index (κ3) is 8.61. The average molecular weight is 563 g/mol. The van der Waals surface area contributed by atoms with Gasteiger partial charge in [0, 0.05) is 12.0 Å². The summed E-state index contributed by atoms with van der Waals surface area (Å²) < 4.78 is 31.7. The van der Waals surface area contributed by atoms with Gasteiger partial charge in [-0.3, -0.25) is 4.79 Å². The second-order valence-corrected chi connectivity index (χ2v) is 10.8. The van der Waals surface area contributed by atoms with Crippen molar-refractivity contribution in [3.05, 3.63) is 119 Å². The summed E-state index contributed by atoms with van der Waals surface area (Å²) in [5.74, 6) is -0.0146. The van der Waals surface area contributed by atoms with Crippen molar-refractivity contribution in [2.24, 2.45) is 0 Å². The third-order valence-corrected chi connectivity index (χ3v) is 8.20. The fourth-order valence-corrected chi connectivity index (χ4v) is 5.87. The van der Waals surface area contributed by atoms with E-state index in [0.29, 0.717) is 31.3 Å². The quantitative estimate of drug-likeness (QED) is 0.213. The lowest BCUT2D eigenvalue weighted by Crippen LogP contribution is -2.59. The highest BCUT2D eigenvalue weighted by atomic mass is 32.2. The predicted molar refractivity (Wildman–Crippen MR) is 158 cm³/mol. The summed E-state index contributed by atoms with van der Waals surface area (Å²) >= 11 is 1.41. The minimum absolute atomic E-state index is 0.0146. The summed E-state index contributed by atoms with van der Waals surface area (Å²) in [7, 11) is 1.61. The van der Waals surface area contributed by atoms with Crippen LogP contribution in [0.3, 0.4) is 0 Å². The summed E-state index contributed by atoms with van der Waals surface area (Å²) in [6, 6.07) is 30.1. The molecule has 212 valence electrons. The maximum absolute atomic E-state index is 12.4. The molecule has 0 amide bonds. The number of Topliss-reactive ketones (excluding diaryl/α,β-unsaturated/α-hetero) is 1. The zero-order valence-corrected chi connectivity index (χ0v) is 24.1. The number of hydrogen-bond donors (Lipinski definition) is 0. The first-order valence-corrected chi connectivity index (χ1v) is 14.4. The summed E-state index contributed by atoms with van der Waals surface area (Å²) in [6.07, 6.45) is -0.202. The standard InChI is InChI=1S/C33H38O6S/c1-4-29(24(2)34)40-32-31(38-22-27-18-12-7-13-19-27)30(37-21-26-16-10-6-11-17-26)28(39-33(32)35-3)23-36-20-25-14-8-5-9-15-25/h4-19,28,30-33H,20-23H2,1-3H3/b29-4+/t28-,30-,31+,32+,33+/m1/s1. The predicted octanol–water partition coefficient (Wildman–Crippen LogP) is 6.34. The molecule has 0 aliphatic carbocycles. The molecule has 0 bridgehead atoms. The van der Waals surface area contributed by atoms with E-state index in [4.69, 9.17) is 23.7 Å². The van der Waals surface area contributed by atoms with Crippen molar-refractivity contribution in [3.63, 3.8) is 0 Å². The molecular formula is C33H38O6S. The van der Waals surface area contributed by atoms with Crippen molar-refractivity contribution >= 4 is 17.5 Å². The summed E-state index contributed by atoms with van der Waals surface area (Å²) in [6.45, 7) is 4.93. The zero-order chi connectivity index (χ0) is 28.2. The van der Waals surface area contributed by atoms with Crippen LogP contribution in [-0.4, -0.2) is 49.4 Å². The first kappa shape index (κ1) is 30.2. The van der Waals surface area contributed by atoms with E-state index in [1.54, 1.807) is 14.0 Å². The molecule has 1 heterocycles. The molecule has 6 nitrogen and oxygen atoms in total. The number of ether oxygens (including phenoxy) is 5. The molecule has 3 aromatic carbocycles. The molecule has 0 saturated carbocycles. The van der Waals surface area contributed by atoms with Gasteiger partial charge in [0.1, 0.15) is 18.3 Å². The number of ketones is 1. The Labute approximate surface area is 241 Å². The first-order valence-electron chi connectivity index (χ1n) is 13.5. The molecular weight excluding hydrogens is 524 g/mol. The number of methoxy groups -OCH3 is 1. The number of thioether (sulfide) groups is 1. The maximum Gasteiger partial charge on any atom is 0.172 e. The smallest absolute Gasteiger partial charge is 0.172 e. The summed E-state index contributed by atoms with van der Waals surface area (Å²) in [5.41, 5.74) is 3.17. The minimum Gasteiger partial charge on any atom is -0.374 e. The van der Waals surface area contributed by atoms with E-state index in [1.165, 1.54) is 11.8 Å². The average Bonchev–Trinajstić information content (AvgIpc) is 2.99. The minimum atomic E-state index is -0.637. The molecule has 1 saturated heterocycles. The van der Waals surface area contributed by atoms with Crippen LogP contribution >= 0.6 is 11.8 Å². The molecule has 1 aliphatic rings. The Morgan fingerprint density at radius 1 is 0.800 bits per heavy atom. The topological polar surface area (TPSA) is 63.2 Å². The van der Waals surface area contributed by atoms with E-state index in [2.05, 4.69) is 0 Å². The van der Waals surface area contributed by atoms with Gasteiger partial charge in [-0.15, -0.1) is 11.8 Å². The molecule has 0 spiro atoms. The molecule has 7 heteroatoms. The molecule has 1 fully saturated rings. The lowest BCUT2D eigenvalue weighted by atomic mass is 10.00. The first-order chi connectivity index (χ1) is 19.6. The van der Waals surface area contributed by atoms with Gasteiger partial charge in [-0.25, -0.2) is 0 Å². The van der Waals surface area contributed by atoms with Gasteiger partial charge < -0.3 is 23.7 Å². The van der Waals surface area contributed by atoms with Gasteiger partial charge in [-0.2, -0.15) is 0 Å². The Kier molecular flexibility index (Phi) is 12.0. The number of carbonyl (C=O) groups excluding carboxylic acids is 1. The van der Waals surface area contributed by atoms with Crippen LogP contribution < -0.4 is 0 Å². The van der Waals surface area contributed by atoms with Crippen molar-refractivity contribution in [2.45, 2.75) is 63.5 Å². The van der Waals surface area contributed by atoms with Crippen molar-refractivity contribution in [1.82, 2.24) is 0 Å². The normalized spacial score (nSPS) is 23.2. The van der Waals surface area contributed by atoms with Crippen molar-refractivity contribution in [3.8, 4) is 0 Å². The monoisotopic (exact) mass is 562 g/mol. The molecule has 0 N–H and O–H groups in total. The number of allylic oxidation sites excluding steroid dienone is 2. The zero-order valence-electron chi connectivity index (χ0n) is 23.3. The number of rotatable bonds is 14. The van der Waals surface area contributed by atoms with Crippen molar-refractivity contribution in [2.75, 3.05) is 13.7 Å². The van der Waals surface area contributed by atoms with Crippen LogP contribution in [0, 0.1) is 0 Å². The highest BCUT2D eigenvalue weighted by molar-refractivity contribution is 8.04. The molecule has 0 unspecified atom stereocenters. The van der Waals surface area contributed by atoms with Gasteiger partial charge in [-0.05, 0) is 30.5 Å². The molecule has 0 radical (unpaired) electrons. The molecule has 5 atom stereocenters. The van der Waals surface area contributed by atoms with Crippen LogP contribution in [0.15, 0.2) is 102 Å². The van der Waals surface area contributed by atoms with Crippen molar-refractivity contribution in [1.29, 1.82) is 0 Å². The summed E-state index contributed by atoms with van der Waals surface area (Å²) in [4.78, 5) is 13.0. The number of carbonyl (C=O) groups is 1. The third-order valence-electron chi connectivity index (χ3n) is 6.66. The van der Waals surface area contributed by atoms with E-state index in [0.717, 1.165) is 16.7 Å².